The van der Waals surface area contributed by atoms with Crippen molar-refractivity contribution in [1.82, 2.24) is 35.4 Å². The smallest absolute Gasteiger partial charge is 0.246 e. The van der Waals surface area contributed by atoms with Gasteiger partial charge in [0, 0.05) is 42.5 Å². The van der Waals surface area contributed by atoms with Crippen LogP contribution in [-0.2, 0) is 10.2 Å². The molecule has 3 aromatic rings. The first-order valence-electron chi connectivity index (χ1n) is 12.2. The summed E-state index contributed by atoms with van der Waals surface area (Å²) in [6, 6.07) is 6.08. The van der Waals surface area contributed by atoms with Crippen LogP contribution in [0.2, 0.25) is 0 Å². The molecule has 2 aliphatic rings. The zero-order valence-electron chi connectivity index (χ0n) is 20.5. The van der Waals surface area contributed by atoms with Crippen LogP contribution < -0.4 is 20.9 Å². The maximum atomic E-state index is 13.4. The zero-order valence-corrected chi connectivity index (χ0v) is 20.5. The fourth-order valence-corrected chi connectivity index (χ4v) is 4.86. The van der Waals surface area contributed by atoms with Crippen LogP contribution in [0.15, 0.2) is 24.4 Å². The number of carbonyl (C=O) groups is 1. The number of aromatic amines is 1. The van der Waals surface area contributed by atoms with Crippen LogP contribution in [0, 0.1) is 0 Å². The van der Waals surface area contributed by atoms with E-state index in [2.05, 4.69) is 46.9 Å². The van der Waals surface area contributed by atoms with Gasteiger partial charge in [0.1, 0.15) is 11.1 Å². The summed E-state index contributed by atoms with van der Waals surface area (Å²) in [5.74, 6) is 1.94. The van der Waals surface area contributed by atoms with Crippen LogP contribution in [0.1, 0.15) is 59.1 Å². The predicted octanol–water partition coefficient (Wildman–Crippen LogP) is 2.72. The standard InChI is InChI=1S/C24H35N9O/c1-23(2,3)18-14-19(30-29-18)27-20-17-9-6-13-33(17)31-22(28-20)32-12-7-10-24(32,4)21(34)26-16-8-5-11-25-15-16/h6,9,13-14,16,25H,5,7-8,10-12,15H2,1-4H3,(H,26,34)(H2,27,28,29,30,31)/t16?,24-/m0/s1. The summed E-state index contributed by atoms with van der Waals surface area (Å²) in [6.07, 6.45) is 5.67. The average Bonchev–Trinajstić information content (AvgIpc) is 3.54. The lowest BCUT2D eigenvalue weighted by atomic mass is 9.92. The number of rotatable bonds is 5. The monoisotopic (exact) mass is 465 g/mol. The van der Waals surface area contributed by atoms with Crippen molar-refractivity contribution in [1.29, 1.82) is 0 Å². The number of carbonyl (C=O) groups excluding carboxylic acids is 1. The van der Waals surface area contributed by atoms with E-state index in [1.807, 2.05) is 40.7 Å². The molecule has 5 rings (SSSR count). The third kappa shape index (κ3) is 4.22. The predicted molar refractivity (Wildman–Crippen MR) is 133 cm³/mol. The van der Waals surface area contributed by atoms with E-state index in [4.69, 9.17) is 10.1 Å². The molecular weight excluding hydrogens is 430 g/mol. The molecule has 0 saturated carbocycles. The lowest BCUT2D eigenvalue weighted by Crippen LogP contribution is -2.58. The number of hydrogen-bond acceptors (Lipinski definition) is 7. The van der Waals surface area contributed by atoms with Crippen molar-refractivity contribution < 1.29 is 4.79 Å². The van der Waals surface area contributed by atoms with Gasteiger partial charge in [0.05, 0.1) is 0 Å². The Kier molecular flexibility index (Phi) is 5.71. The van der Waals surface area contributed by atoms with E-state index in [0.29, 0.717) is 17.6 Å². The Morgan fingerprint density at radius 3 is 2.88 bits per heavy atom. The van der Waals surface area contributed by atoms with Gasteiger partial charge in [0.25, 0.3) is 0 Å². The lowest BCUT2D eigenvalue weighted by molar-refractivity contribution is -0.126. The summed E-state index contributed by atoms with van der Waals surface area (Å²) in [5.41, 5.74) is 1.16. The number of nitrogens with zero attached hydrogens (tertiary/aromatic N) is 5. The van der Waals surface area contributed by atoms with Crippen molar-refractivity contribution in [2.24, 2.45) is 0 Å². The number of anilines is 3. The Morgan fingerprint density at radius 2 is 2.15 bits per heavy atom. The largest absolute Gasteiger partial charge is 0.350 e. The highest BCUT2D eigenvalue weighted by molar-refractivity contribution is 5.90. The molecule has 10 heteroatoms. The van der Waals surface area contributed by atoms with Gasteiger partial charge in [0.2, 0.25) is 11.9 Å². The number of aromatic nitrogens is 5. The Bertz CT molecular complexity index is 1170. The Balaban J connectivity index is 1.44. The molecule has 34 heavy (non-hydrogen) atoms. The van der Waals surface area contributed by atoms with Gasteiger partial charge in [-0.25, -0.2) is 4.52 Å². The molecular formula is C24H35N9O. The molecule has 2 atom stereocenters. The molecule has 1 unspecified atom stereocenters. The van der Waals surface area contributed by atoms with Crippen molar-refractivity contribution >= 4 is 29.0 Å². The molecule has 10 nitrogen and oxygen atoms in total. The van der Waals surface area contributed by atoms with Crippen molar-refractivity contribution in [3.8, 4) is 0 Å². The summed E-state index contributed by atoms with van der Waals surface area (Å²) in [6.45, 7) is 11.0. The third-order valence-corrected chi connectivity index (χ3v) is 7.02. The van der Waals surface area contributed by atoms with Gasteiger partial charge in [-0.05, 0) is 51.3 Å². The van der Waals surface area contributed by atoms with Gasteiger partial charge in [-0.15, -0.1) is 5.10 Å². The molecule has 182 valence electrons. The number of piperidine rings is 1. The Morgan fingerprint density at radius 1 is 1.29 bits per heavy atom. The summed E-state index contributed by atoms with van der Waals surface area (Å²) in [4.78, 5) is 20.4. The fraction of sp³-hybridized carbons (Fsp3) is 0.583. The molecule has 0 bridgehead atoms. The first-order chi connectivity index (χ1) is 16.2. The van der Waals surface area contributed by atoms with E-state index < -0.39 is 5.54 Å². The van der Waals surface area contributed by atoms with Crippen LogP contribution in [0.4, 0.5) is 17.6 Å². The maximum Gasteiger partial charge on any atom is 0.246 e. The van der Waals surface area contributed by atoms with Gasteiger partial charge >= 0.3 is 0 Å². The second-order valence-corrected chi connectivity index (χ2v) is 10.7. The molecule has 0 aromatic carbocycles. The minimum Gasteiger partial charge on any atom is -0.350 e. The van der Waals surface area contributed by atoms with Gasteiger partial charge in [-0.2, -0.15) is 10.1 Å². The second-order valence-electron chi connectivity index (χ2n) is 10.7. The summed E-state index contributed by atoms with van der Waals surface area (Å²) in [7, 11) is 0. The molecule has 4 N–H and O–H groups in total. The van der Waals surface area contributed by atoms with Crippen LogP contribution >= 0.6 is 0 Å². The SMILES string of the molecule is CC(C)(C)c1cc(Nc2nc(N3CCC[C@@]3(C)C(=O)NC3CCCNC3)nn3cccc23)n[nH]1. The number of H-pyrrole nitrogens is 1. The first kappa shape index (κ1) is 22.6. The number of fused-ring (bicyclic) bond motifs is 1. The molecule has 5 heterocycles. The quantitative estimate of drug-likeness (QED) is 0.458. The van der Waals surface area contributed by atoms with E-state index in [9.17, 15) is 4.79 Å². The van der Waals surface area contributed by atoms with Gasteiger partial charge in [-0.1, -0.05) is 20.8 Å². The van der Waals surface area contributed by atoms with E-state index in [1.54, 1.807) is 0 Å². The second kappa shape index (κ2) is 8.57. The number of nitrogens with one attached hydrogen (secondary N) is 4. The maximum absolute atomic E-state index is 13.4. The van der Waals surface area contributed by atoms with Crippen LogP contribution in [0.3, 0.4) is 0 Å². The Hall–Kier alpha value is -3.14. The van der Waals surface area contributed by atoms with E-state index in [1.165, 1.54) is 0 Å². The van der Waals surface area contributed by atoms with Gasteiger partial charge in [-0.3, -0.25) is 9.89 Å². The molecule has 2 saturated heterocycles. The fourth-order valence-electron chi connectivity index (χ4n) is 4.86. The van der Waals surface area contributed by atoms with Crippen molar-refractivity contribution in [3.63, 3.8) is 0 Å². The molecule has 0 aliphatic carbocycles. The normalized spacial score (nSPS) is 23.4. The highest BCUT2D eigenvalue weighted by Gasteiger charge is 2.45. The van der Waals surface area contributed by atoms with Crippen LogP contribution in [-0.4, -0.2) is 61.9 Å². The van der Waals surface area contributed by atoms with Crippen LogP contribution in [0.25, 0.3) is 5.52 Å². The third-order valence-electron chi connectivity index (χ3n) is 7.02. The van der Waals surface area contributed by atoms with Gasteiger partial charge in [0.15, 0.2) is 11.6 Å². The minimum absolute atomic E-state index is 0.0350. The summed E-state index contributed by atoms with van der Waals surface area (Å²) in [5, 5.41) is 22.3. The van der Waals surface area contributed by atoms with E-state index in [0.717, 1.165) is 56.5 Å². The molecule has 2 fully saturated rings. The molecule has 0 spiro atoms. The van der Waals surface area contributed by atoms with Gasteiger partial charge < -0.3 is 20.9 Å². The van der Waals surface area contributed by atoms with Crippen molar-refractivity contribution in [3.05, 3.63) is 30.1 Å². The number of amides is 1. The first-order valence-corrected chi connectivity index (χ1v) is 12.2. The van der Waals surface area contributed by atoms with E-state index >= 15 is 0 Å². The average molecular weight is 466 g/mol. The molecule has 1 amide bonds. The Labute approximate surface area is 199 Å². The van der Waals surface area contributed by atoms with Crippen LogP contribution in [0.5, 0.6) is 0 Å². The topological polar surface area (TPSA) is 115 Å². The summed E-state index contributed by atoms with van der Waals surface area (Å²) < 4.78 is 1.81. The lowest BCUT2D eigenvalue weighted by Gasteiger charge is -2.36. The minimum atomic E-state index is -0.693. The highest BCUT2D eigenvalue weighted by atomic mass is 16.2. The van der Waals surface area contributed by atoms with Crippen molar-refractivity contribution in [2.45, 2.75) is 70.4 Å². The molecule has 2 aliphatic heterocycles. The highest BCUT2D eigenvalue weighted by Crippen LogP contribution is 2.34. The molecule has 3 aromatic heterocycles. The number of hydrogen-bond donors (Lipinski definition) is 4. The summed E-state index contributed by atoms with van der Waals surface area (Å²) >= 11 is 0. The van der Waals surface area contributed by atoms with E-state index in [-0.39, 0.29) is 17.4 Å². The molecule has 0 radical (unpaired) electrons. The van der Waals surface area contributed by atoms with Crippen molar-refractivity contribution in [2.75, 3.05) is 29.9 Å². The zero-order chi connectivity index (χ0) is 23.9.